The number of aliphatic hydroxyl groups is 1. The molecule has 0 rings (SSSR count). The Bertz CT molecular complexity index is 117. The van der Waals surface area contributed by atoms with Crippen LogP contribution in [0.15, 0.2) is 12.2 Å². The average molecular weight is 203 g/mol. The van der Waals surface area contributed by atoms with Crippen LogP contribution in [0.2, 0.25) is 0 Å². The van der Waals surface area contributed by atoms with Crippen LogP contribution in [0.1, 0.15) is 13.3 Å². The molecule has 0 aromatic heterocycles. The highest BCUT2D eigenvalue weighted by atomic mass is 35.6. The molecular weight excluding hydrogens is 194 g/mol. The normalized spacial score (nSPS) is 16.1. The lowest BCUT2D eigenvalue weighted by Crippen LogP contribution is -2.23. The Labute approximate surface area is 75.6 Å². The molecular formula is C6H9Cl3O. The van der Waals surface area contributed by atoms with Gasteiger partial charge in [0, 0.05) is 0 Å². The van der Waals surface area contributed by atoms with Gasteiger partial charge in [0.25, 0.3) is 0 Å². The zero-order valence-electron chi connectivity index (χ0n) is 5.52. The van der Waals surface area contributed by atoms with Gasteiger partial charge in [-0.25, -0.2) is 0 Å². The fourth-order valence-corrected chi connectivity index (χ4v) is 0.666. The lowest BCUT2D eigenvalue weighted by atomic mass is 10.2. The SMILES string of the molecule is CC=CCC(O)C(Cl)(Cl)Cl. The summed E-state index contributed by atoms with van der Waals surface area (Å²) in [5.74, 6) is 0. The van der Waals surface area contributed by atoms with Crippen molar-refractivity contribution in [2.24, 2.45) is 0 Å². The number of halogens is 3. The Morgan fingerprint density at radius 1 is 1.50 bits per heavy atom. The average Bonchev–Trinajstić information content (AvgIpc) is 1.80. The topological polar surface area (TPSA) is 20.2 Å². The van der Waals surface area contributed by atoms with Gasteiger partial charge in [-0.3, -0.25) is 0 Å². The van der Waals surface area contributed by atoms with E-state index in [0.717, 1.165) is 0 Å². The molecule has 0 aliphatic heterocycles. The van der Waals surface area contributed by atoms with Gasteiger partial charge in [0.15, 0.2) is 0 Å². The zero-order chi connectivity index (χ0) is 8.20. The Hall–Kier alpha value is 0.570. The highest BCUT2D eigenvalue weighted by molar-refractivity contribution is 6.68. The van der Waals surface area contributed by atoms with E-state index >= 15 is 0 Å². The maximum atomic E-state index is 9.07. The van der Waals surface area contributed by atoms with Crippen molar-refractivity contribution in [3.05, 3.63) is 12.2 Å². The van der Waals surface area contributed by atoms with E-state index in [2.05, 4.69) is 0 Å². The lowest BCUT2D eigenvalue weighted by molar-refractivity contribution is 0.182. The van der Waals surface area contributed by atoms with Gasteiger partial charge in [-0.15, -0.1) is 0 Å². The molecule has 1 N–H and O–H groups in total. The van der Waals surface area contributed by atoms with E-state index in [1.54, 1.807) is 12.2 Å². The highest BCUT2D eigenvalue weighted by Gasteiger charge is 2.29. The number of hydrogen-bond donors (Lipinski definition) is 1. The van der Waals surface area contributed by atoms with E-state index in [4.69, 9.17) is 39.9 Å². The monoisotopic (exact) mass is 202 g/mol. The first-order valence-corrected chi connectivity index (χ1v) is 3.97. The minimum Gasteiger partial charge on any atom is -0.388 e. The minimum absolute atomic E-state index is 0.368. The quantitative estimate of drug-likeness (QED) is 0.540. The van der Waals surface area contributed by atoms with Crippen molar-refractivity contribution in [2.45, 2.75) is 23.2 Å². The molecule has 0 fully saturated rings. The molecule has 0 spiro atoms. The molecule has 0 radical (unpaired) electrons. The van der Waals surface area contributed by atoms with E-state index in [1.807, 2.05) is 6.92 Å². The van der Waals surface area contributed by atoms with Crippen molar-refractivity contribution in [3.8, 4) is 0 Å². The molecule has 0 aromatic rings. The van der Waals surface area contributed by atoms with Crippen molar-refractivity contribution in [1.29, 1.82) is 0 Å². The predicted octanol–water partition coefficient (Wildman–Crippen LogP) is 2.68. The van der Waals surface area contributed by atoms with E-state index in [1.165, 1.54) is 0 Å². The fourth-order valence-electron chi connectivity index (χ4n) is 0.399. The summed E-state index contributed by atoms with van der Waals surface area (Å²) in [5, 5.41) is 9.07. The first-order chi connectivity index (χ1) is 4.48. The Balaban J connectivity index is 3.73. The summed E-state index contributed by atoms with van der Waals surface area (Å²) in [6, 6.07) is 0. The van der Waals surface area contributed by atoms with E-state index in [9.17, 15) is 0 Å². The first-order valence-electron chi connectivity index (χ1n) is 2.84. The van der Waals surface area contributed by atoms with Crippen LogP contribution in [0, 0.1) is 0 Å². The summed E-state index contributed by atoms with van der Waals surface area (Å²) < 4.78 is -1.57. The van der Waals surface area contributed by atoms with Gasteiger partial charge in [0.2, 0.25) is 3.79 Å². The van der Waals surface area contributed by atoms with Crippen LogP contribution in [-0.4, -0.2) is 15.0 Å². The van der Waals surface area contributed by atoms with Gasteiger partial charge in [-0.2, -0.15) is 0 Å². The summed E-state index contributed by atoms with van der Waals surface area (Å²) in [4.78, 5) is 0. The first kappa shape index (κ1) is 10.6. The molecule has 1 atom stereocenters. The Morgan fingerprint density at radius 2 is 2.00 bits per heavy atom. The summed E-state index contributed by atoms with van der Waals surface area (Å²) in [6.07, 6.45) is 2.98. The molecule has 4 heteroatoms. The van der Waals surface area contributed by atoms with Gasteiger partial charge in [-0.1, -0.05) is 47.0 Å². The molecule has 1 unspecified atom stereocenters. The van der Waals surface area contributed by atoms with Crippen molar-refractivity contribution in [2.75, 3.05) is 0 Å². The van der Waals surface area contributed by atoms with Gasteiger partial charge in [0.05, 0.1) is 0 Å². The smallest absolute Gasteiger partial charge is 0.216 e. The van der Waals surface area contributed by atoms with Gasteiger partial charge < -0.3 is 5.11 Å². The lowest BCUT2D eigenvalue weighted by Gasteiger charge is -2.16. The zero-order valence-corrected chi connectivity index (χ0v) is 7.79. The third-order valence-corrected chi connectivity index (χ3v) is 1.73. The Morgan fingerprint density at radius 3 is 2.30 bits per heavy atom. The predicted molar refractivity (Wildman–Crippen MR) is 45.7 cm³/mol. The minimum atomic E-state index is -1.57. The van der Waals surface area contributed by atoms with Crippen molar-refractivity contribution in [3.63, 3.8) is 0 Å². The molecule has 0 bridgehead atoms. The van der Waals surface area contributed by atoms with Crippen LogP contribution in [0.3, 0.4) is 0 Å². The van der Waals surface area contributed by atoms with Crippen LogP contribution in [0.4, 0.5) is 0 Å². The van der Waals surface area contributed by atoms with Gasteiger partial charge in [-0.05, 0) is 13.3 Å². The highest BCUT2D eigenvalue weighted by Crippen LogP contribution is 2.31. The van der Waals surface area contributed by atoms with Crippen LogP contribution in [0.25, 0.3) is 0 Å². The van der Waals surface area contributed by atoms with Gasteiger partial charge in [0.1, 0.15) is 6.10 Å². The summed E-state index contributed by atoms with van der Waals surface area (Å²) in [5.41, 5.74) is 0. The van der Waals surface area contributed by atoms with Crippen molar-refractivity contribution >= 4 is 34.8 Å². The molecule has 0 heterocycles. The second-order valence-electron chi connectivity index (χ2n) is 1.86. The van der Waals surface area contributed by atoms with E-state index in [0.29, 0.717) is 6.42 Å². The van der Waals surface area contributed by atoms with Crippen LogP contribution < -0.4 is 0 Å². The molecule has 0 saturated heterocycles. The number of allylic oxidation sites excluding steroid dienone is 1. The standard InChI is InChI=1S/C6H9Cl3O/c1-2-3-4-5(10)6(7,8)9/h2-3,5,10H,4H2,1H3. The number of alkyl halides is 3. The third-order valence-electron chi connectivity index (χ3n) is 0.973. The fraction of sp³-hybridized carbons (Fsp3) is 0.667. The second-order valence-corrected chi connectivity index (χ2v) is 4.23. The third kappa shape index (κ3) is 4.40. The van der Waals surface area contributed by atoms with Crippen molar-refractivity contribution < 1.29 is 5.11 Å². The van der Waals surface area contributed by atoms with E-state index < -0.39 is 9.90 Å². The molecule has 60 valence electrons. The maximum Gasteiger partial charge on any atom is 0.216 e. The summed E-state index contributed by atoms with van der Waals surface area (Å²) >= 11 is 16.1. The van der Waals surface area contributed by atoms with Gasteiger partial charge >= 0.3 is 0 Å². The van der Waals surface area contributed by atoms with Crippen LogP contribution in [0.5, 0.6) is 0 Å². The van der Waals surface area contributed by atoms with Crippen molar-refractivity contribution in [1.82, 2.24) is 0 Å². The molecule has 0 amide bonds. The molecule has 1 nitrogen and oxygen atoms in total. The van der Waals surface area contributed by atoms with Crippen LogP contribution in [-0.2, 0) is 0 Å². The summed E-state index contributed by atoms with van der Waals surface area (Å²) in [7, 11) is 0. The molecule has 0 saturated carbocycles. The number of hydrogen-bond acceptors (Lipinski definition) is 1. The molecule has 0 aliphatic carbocycles. The van der Waals surface area contributed by atoms with E-state index in [-0.39, 0.29) is 0 Å². The molecule has 0 aliphatic rings. The second kappa shape index (κ2) is 4.45. The number of rotatable bonds is 2. The number of aliphatic hydroxyl groups excluding tert-OH is 1. The molecule has 10 heavy (non-hydrogen) atoms. The molecule has 0 aromatic carbocycles. The maximum absolute atomic E-state index is 9.07. The summed E-state index contributed by atoms with van der Waals surface area (Å²) in [6.45, 7) is 1.84. The Kier molecular flexibility index (Phi) is 4.70. The largest absolute Gasteiger partial charge is 0.388 e. The van der Waals surface area contributed by atoms with Crippen LogP contribution >= 0.6 is 34.8 Å².